The summed E-state index contributed by atoms with van der Waals surface area (Å²) in [7, 11) is 0.568. The minimum absolute atomic E-state index is 0.0328. The van der Waals surface area contributed by atoms with Crippen molar-refractivity contribution in [2.24, 2.45) is 16.9 Å². The molecule has 3 saturated heterocycles. The number of amides is 3. The number of likely N-dealkylation sites (N-methyl/N-ethyl adjacent to an activating group) is 1. The second-order valence-corrected chi connectivity index (χ2v) is 17.0. The number of fused-ring (bicyclic) bond motifs is 1. The van der Waals surface area contributed by atoms with E-state index in [1.54, 1.807) is 23.1 Å². The zero-order valence-electron chi connectivity index (χ0n) is 31.6. The Labute approximate surface area is 325 Å². The fourth-order valence-electron chi connectivity index (χ4n) is 8.35. The highest BCUT2D eigenvalue weighted by atomic mass is 32.2. The second-order valence-electron chi connectivity index (χ2n) is 15.5. The number of nitriles is 1. The monoisotopic (exact) mass is 766 g/mol. The molecule has 5 heterocycles. The highest BCUT2D eigenvalue weighted by Gasteiger charge is 2.41. The molecule has 14 nitrogen and oxygen atoms in total. The maximum atomic E-state index is 13.7. The first-order valence-electron chi connectivity index (χ1n) is 19.8. The highest BCUT2D eigenvalue weighted by molar-refractivity contribution is 7.82. The molecule has 55 heavy (non-hydrogen) atoms. The number of aromatic nitrogens is 2. The van der Waals surface area contributed by atoms with Gasteiger partial charge in [-0.25, -0.2) is 23.3 Å². The summed E-state index contributed by atoms with van der Waals surface area (Å²) >= 11 is 0. The van der Waals surface area contributed by atoms with Gasteiger partial charge in [-0.15, -0.1) is 0 Å². The third-order valence-corrected chi connectivity index (χ3v) is 13.3. The first kappa shape index (κ1) is 37.3. The van der Waals surface area contributed by atoms with Crippen LogP contribution in [0.4, 0.5) is 10.7 Å². The molecule has 4 unspecified atom stereocenters. The van der Waals surface area contributed by atoms with Crippen LogP contribution in [0, 0.1) is 23.2 Å². The predicted molar refractivity (Wildman–Crippen MR) is 208 cm³/mol. The Hall–Kier alpha value is -4.65. The second kappa shape index (κ2) is 16.2. The molecule has 1 aromatic carbocycles. The average molecular weight is 767 g/mol. The molecule has 2 N–H and O–H groups in total. The van der Waals surface area contributed by atoms with Crippen LogP contribution < -0.4 is 15.4 Å². The lowest BCUT2D eigenvalue weighted by molar-refractivity contribution is -0.121. The van der Waals surface area contributed by atoms with Gasteiger partial charge < -0.3 is 10.1 Å². The van der Waals surface area contributed by atoms with Gasteiger partial charge in [-0.1, -0.05) is 25.2 Å². The van der Waals surface area contributed by atoms with E-state index < -0.39 is 17.0 Å². The Balaban J connectivity index is 0.823. The number of ether oxygens (including phenoxy) is 1. The molecule has 6 aliphatic rings. The first-order chi connectivity index (χ1) is 26.8. The van der Waals surface area contributed by atoms with Gasteiger partial charge in [0.05, 0.1) is 22.4 Å². The number of amidine groups is 1. The minimum atomic E-state index is -1.37. The maximum Gasteiger partial charge on any atom is 0.329 e. The number of piperidine rings is 2. The van der Waals surface area contributed by atoms with E-state index in [9.17, 15) is 19.1 Å². The Morgan fingerprint density at radius 1 is 1.04 bits per heavy atom. The number of hydrogen-bond donors (Lipinski definition) is 2. The van der Waals surface area contributed by atoms with Crippen LogP contribution in [-0.4, -0.2) is 116 Å². The van der Waals surface area contributed by atoms with Gasteiger partial charge in [-0.3, -0.25) is 24.9 Å². The molecule has 2 aliphatic carbocycles. The molecule has 0 spiro atoms. The van der Waals surface area contributed by atoms with Crippen molar-refractivity contribution in [1.29, 1.82) is 5.26 Å². The number of hydrazone groups is 1. The Kier molecular flexibility index (Phi) is 11.0. The lowest BCUT2D eigenvalue weighted by Gasteiger charge is -2.36. The van der Waals surface area contributed by atoms with Crippen LogP contribution in [0.2, 0.25) is 0 Å². The zero-order valence-corrected chi connectivity index (χ0v) is 32.4. The Bertz CT molecular complexity index is 1930. The van der Waals surface area contributed by atoms with Crippen LogP contribution in [0.5, 0.6) is 5.75 Å². The number of urea groups is 1. The molecule has 290 valence electrons. The normalized spacial score (nSPS) is 25.1. The molecule has 4 aliphatic heterocycles. The first-order valence-corrected chi connectivity index (χ1v) is 20.9. The van der Waals surface area contributed by atoms with Gasteiger partial charge in [0.15, 0.2) is 0 Å². The summed E-state index contributed by atoms with van der Waals surface area (Å²) in [6.45, 7) is 6.41. The standard InChI is InChI=1S/C40H50N10O4S/c1-3-32(25-48-15-10-27(11-16-48)28-7-9-34-35(20-28)47(2)46-38(34)50-19-14-37(51)45-40(50)52)54-36-21-33(8-6-29(36)22-41)55(53)49-17-12-31(13-18-49)44-39-42-23-30(24-43-39)26-4-5-26/h6-9,20-21,23-24,26-27,31-32,34-35H,3-5,10-19,25H2,1-2H3,(H,42,43,44)(H,45,51,52). The van der Waals surface area contributed by atoms with E-state index in [1.165, 1.54) is 24.0 Å². The lowest BCUT2D eigenvalue weighted by atomic mass is 9.82. The van der Waals surface area contributed by atoms with Crippen molar-refractivity contribution in [2.45, 2.75) is 87.3 Å². The molecule has 2 aromatic rings. The van der Waals surface area contributed by atoms with E-state index in [2.05, 4.69) is 56.7 Å². The summed E-state index contributed by atoms with van der Waals surface area (Å²) in [6.07, 6.45) is 17.6. The van der Waals surface area contributed by atoms with E-state index in [0.29, 0.717) is 59.5 Å². The predicted octanol–water partition coefficient (Wildman–Crippen LogP) is 4.38. The average Bonchev–Trinajstić information content (AvgIpc) is 4.01. The van der Waals surface area contributed by atoms with Crippen LogP contribution in [0.15, 0.2) is 64.4 Å². The van der Waals surface area contributed by atoms with E-state index in [-0.39, 0.29) is 36.4 Å². The molecule has 0 bridgehead atoms. The van der Waals surface area contributed by atoms with E-state index >= 15 is 0 Å². The molecule has 1 aromatic heterocycles. The van der Waals surface area contributed by atoms with E-state index in [1.807, 2.05) is 28.8 Å². The summed E-state index contributed by atoms with van der Waals surface area (Å²) < 4.78 is 22.3. The molecule has 0 radical (unpaired) electrons. The van der Waals surface area contributed by atoms with Crippen molar-refractivity contribution in [3.63, 3.8) is 0 Å². The van der Waals surface area contributed by atoms with Gasteiger partial charge in [-0.05, 0) is 99.2 Å². The van der Waals surface area contributed by atoms with Crippen LogP contribution in [0.3, 0.4) is 0 Å². The van der Waals surface area contributed by atoms with Crippen LogP contribution in [0.1, 0.15) is 75.3 Å². The van der Waals surface area contributed by atoms with Crippen LogP contribution in [0.25, 0.3) is 0 Å². The number of hydrogen-bond acceptors (Lipinski definition) is 11. The summed E-state index contributed by atoms with van der Waals surface area (Å²) in [5.41, 5.74) is 2.97. The number of nitrogens with one attached hydrogen (secondary N) is 2. The van der Waals surface area contributed by atoms with E-state index in [0.717, 1.165) is 51.7 Å². The number of allylic oxidation sites excluding steroid dienone is 2. The summed E-state index contributed by atoms with van der Waals surface area (Å²) in [5.74, 6) is 2.60. The quantitative estimate of drug-likeness (QED) is 0.336. The molecule has 3 amide bonds. The van der Waals surface area contributed by atoms with Gasteiger partial charge in [0, 0.05) is 58.1 Å². The number of nitrogens with zero attached hydrogens (tertiary/aromatic N) is 8. The topological polar surface area (TPSA) is 159 Å². The Morgan fingerprint density at radius 2 is 1.80 bits per heavy atom. The third-order valence-electron chi connectivity index (χ3n) is 11.8. The van der Waals surface area contributed by atoms with Gasteiger partial charge in [0.1, 0.15) is 34.7 Å². The number of imide groups is 1. The summed E-state index contributed by atoms with van der Waals surface area (Å²) in [4.78, 5) is 37.9. The van der Waals surface area contributed by atoms with Crippen molar-refractivity contribution in [1.82, 2.24) is 34.4 Å². The van der Waals surface area contributed by atoms with Crippen molar-refractivity contribution in [2.75, 3.05) is 51.6 Å². The van der Waals surface area contributed by atoms with Gasteiger partial charge >= 0.3 is 6.03 Å². The lowest BCUT2D eigenvalue weighted by Crippen LogP contribution is -2.53. The van der Waals surface area contributed by atoms with Crippen molar-refractivity contribution in [3.8, 4) is 11.8 Å². The van der Waals surface area contributed by atoms with Gasteiger partial charge in [0.25, 0.3) is 0 Å². The number of likely N-dealkylation sites (tertiary alicyclic amines) is 1. The fraction of sp³-hybridized carbons (Fsp3) is 0.550. The van der Waals surface area contributed by atoms with Crippen molar-refractivity contribution < 1.29 is 18.5 Å². The number of carbonyl (C=O) groups excluding carboxylic acids is 2. The van der Waals surface area contributed by atoms with Gasteiger partial charge in [-0.2, -0.15) is 10.4 Å². The smallest absolute Gasteiger partial charge is 0.329 e. The highest BCUT2D eigenvalue weighted by Crippen LogP contribution is 2.39. The molecular formula is C40H50N10O4S. The molecule has 8 rings (SSSR count). The molecule has 1 saturated carbocycles. The molecule has 15 heteroatoms. The number of rotatable bonds is 11. The van der Waals surface area contributed by atoms with Crippen molar-refractivity contribution >= 4 is 34.7 Å². The molecule has 4 atom stereocenters. The Morgan fingerprint density at radius 3 is 2.49 bits per heavy atom. The van der Waals surface area contributed by atoms with Crippen LogP contribution in [-0.2, 0) is 15.8 Å². The minimum Gasteiger partial charge on any atom is -0.488 e. The number of benzene rings is 1. The zero-order chi connectivity index (χ0) is 38.1. The maximum absolute atomic E-state index is 13.7. The molecular weight excluding hydrogens is 717 g/mol. The summed E-state index contributed by atoms with van der Waals surface area (Å²) in [6, 6.07) is 7.44. The van der Waals surface area contributed by atoms with Crippen LogP contribution >= 0.6 is 0 Å². The summed E-state index contributed by atoms with van der Waals surface area (Å²) in [5, 5.41) is 22.4. The molecule has 4 fully saturated rings. The fourth-order valence-corrected chi connectivity index (χ4v) is 9.59. The van der Waals surface area contributed by atoms with E-state index in [4.69, 9.17) is 9.84 Å². The largest absolute Gasteiger partial charge is 0.488 e. The number of anilines is 1. The van der Waals surface area contributed by atoms with Gasteiger partial charge in [0.2, 0.25) is 11.9 Å². The SMILES string of the molecule is CCC(CN1CCC(C2=CC3C(C=C2)C(N2CCC(=O)NC2=O)=NN3C)CC1)Oc1cc(S(=O)N2CCC(Nc3ncc(C4CC4)cn3)CC2)ccc1C#N. The number of carbonyl (C=O) groups is 2. The van der Waals surface area contributed by atoms with Crippen molar-refractivity contribution in [3.05, 3.63) is 65.5 Å². The third kappa shape index (κ3) is 8.32.